The molecule has 2 aliphatic rings. The van der Waals surface area contributed by atoms with Crippen molar-refractivity contribution < 1.29 is 14.2 Å². The van der Waals surface area contributed by atoms with Gasteiger partial charge in [0.05, 0.1) is 23.0 Å². The molecule has 9 aromatic rings. The van der Waals surface area contributed by atoms with E-state index in [1.165, 1.54) is 22.3 Å². The van der Waals surface area contributed by atoms with E-state index in [4.69, 9.17) is 19.2 Å². The molecule has 68 heavy (non-hydrogen) atoms. The van der Waals surface area contributed by atoms with Gasteiger partial charge in [-0.25, -0.2) is 9.97 Å². The molecule has 0 aliphatic carbocycles. The van der Waals surface area contributed by atoms with E-state index in [1.54, 1.807) is 6.20 Å². The Bertz CT molecular complexity index is 3390. The number of fused-ring (bicyclic) bond motifs is 7. The summed E-state index contributed by atoms with van der Waals surface area (Å²) in [4.78, 5) is 9.33. The second-order valence-corrected chi connectivity index (χ2v) is 23.0. The number of ether oxygens (including phenoxy) is 3. The fourth-order valence-electron chi connectivity index (χ4n) is 9.86. The fourth-order valence-corrected chi connectivity index (χ4v) is 9.86. The lowest BCUT2D eigenvalue weighted by molar-refractivity contribution is 0.461. The number of rotatable bonds is 5. The molecule has 0 saturated carbocycles. The third kappa shape index (κ3) is 7.55. The van der Waals surface area contributed by atoms with Crippen LogP contribution in [0.1, 0.15) is 105 Å². The molecule has 0 spiro atoms. The van der Waals surface area contributed by atoms with E-state index in [2.05, 4.69) is 208 Å². The molecule has 7 nitrogen and oxygen atoms in total. The first-order valence-electron chi connectivity index (χ1n) is 23.9. The van der Waals surface area contributed by atoms with Gasteiger partial charge in [0.15, 0.2) is 0 Å². The van der Waals surface area contributed by atoms with Crippen LogP contribution in [-0.2, 0) is 21.7 Å². The molecule has 5 heterocycles. The smallest absolute Gasteiger partial charge is 0.260 e. The van der Waals surface area contributed by atoms with E-state index in [0.29, 0.717) is 0 Å². The molecule has 2 aliphatic heterocycles. The Morgan fingerprint density at radius 3 is 1.72 bits per heavy atom. The van der Waals surface area contributed by atoms with Crippen molar-refractivity contribution in [1.82, 2.24) is 19.1 Å². The maximum Gasteiger partial charge on any atom is 0.260 e. The normalized spacial score (nSPS) is 13.5. The standard InChI is InChI=1S/C60H59BN4O3/c1-57(2,3)38-14-18-47-51(30-38)67-53-26-37(27-54-56(53)61(47)48-19-15-39(58(4,5)6)31-52(48)68-54)36-13-20-49-46(25-36)45-17-16-43(34-50(45)65(49)55-32-40(21-22-63-55)59(7,8)9)66-44-29-41(60(10,11)12)28-42(33-44)64-24-23-62-35-64/h13-35H,1-12H3. The molecule has 0 amide bonds. The third-order valence-electron chi connectivity index (χ3n) is 13.9. The summed E-state index contributed by atoms with van der Waals surface area (Å²) in [6, 6.07) is 41.9. The first kappa shape index (κ1) is 43.5. The van der Waals surface area contributed by atoms with E-state index < -0.39 is 0 Å². The minimum absolute atomic E-state index is 0.0220. The SMILES string of the molecule is CC(C)(C)c1cc(Oc2ccc3c4cc(-c5cc6c7c(c5)Oc5cc(C(C)(C)C)ccc5B7c5ccc(C(C)(C)C)cc5O6)ccc4n(-c4cc(C(C)(C)C)ccn4)c3c2)cc(-n2ccnc2)c1. The maximum absolute atomic E-state index is 6.98. The number of hydrogen-bond donors (Lipinski definition) is 0. The molecule has 11 rings (SSSR count). The highest BCUT2D eigenvalue weighted by atomic mass is 16.5. The quantitative estimate of drug-likeness (QED) is 0.161. The number of benzene rings is 6. The summed E-state index contributed by atoms with van der Waals surface area (Å²) in [6.07, 6.45) is 7.51. The first-order valence-corrected chi connectivity index (χ1v) is 23.9. The Balaban J connectivity index is 1.07. The largest absolute Gasteiger partial charge is 0.458 e. The zero-order chi connectivity index (χ0) is 47.7. The van der Waals surface area contributed by atoms with Crippen LogP contribution in [0.25, 0.3) is 44.4 Å². The number of hydrogen-bond acceptors (Lipinski definition) is 5. The minimum atomic E-state index is -0.0944. The Kier molecular flexibility index (Phi) is 9.74. The second kappa shape index (κ2) is 15.2. The average Bonchev–Trinajstić information content (AvgIpc) is 3.94. The second-order valence-electron chi connectivity index (χ2n) is 23.0. The predicted octanol–water partition coefficient (Wildman–Crippen LogP) is 13.7. The number of aromatic nitrogens is 4. The molecular formula is C60H59BN4O3. The Labute approximate surface area is 400 Å². The lowest BCUT2D eigenvalue weighted by Gasteiger charge is -2.35. The average molecular weight is 895 g/mol. The van der Waals surface area contributed by atoms with Crippen molar-refractivity contribution in [1.29, 1.82) is 0 Å². The van der Waals surface area contributed by atoms with Crippen molar-refractivity contribution in [3.63, 3.8) is 0 Å². The Morgan fingerprint density at radius 2 is 1.12 bits per heavy atom. The van der Waals surface area contributed by atoms with Crippen LogP contribution < -0.4 is 30.6 Å². The zero-order valence-corrected chi connectivity index (χ0v) is 41.4. The highest BCUT2D eigenvalue weighted by Gasteiger charge is 2.41. The number of nitrogens with zero attached hydrogens (tertiary/aromatic N) is 4. The molecule has 0 N–H and O–H groups in total. The van der Waals surface area contributed by atoms with Gasteiger partial charge in [-0.05, 0) is 139 Å². The number of pyridine rings is 1. The van der Waals surface area contributed by atoms with Crippen molar-refractivity contribution >= 4 is 44.9 Å². The van der Waals surface area contributed by atoms with E-state index in [9.17, 15) is 0 Å². The predicted molar refractivity (Wildman–Crippen MR) is 280 cm³/mol. The summed E-state index contributed by atoms with van der Waals surface area (Å²) < 4.78 is 25.1. The van der Waals surface area contributed by atoms with E-state index in [-0.39, 0.29) is 28.4 Å². The van der Waals surface area contributed by atoms with Gasteiger partial charge in [-0.1, -0.05) is 113 Å². The maximum atomic E-state index is 6.98. The van der Waals surface area contributed by atoms with Crippen molar-refractivity contribution in [2.75, 3.05) is 0 Å². The summed E-state index contributed by atoms with van der Waals surface area (Å²) in [5.41, 5.74) is 13.2. The van der Waals surface area contributed by atoms with Gasteiger partial charge in [-0.3, -0.25) is 4.57 Å². The van der Waals surface area contributed by atoms with Crippen LogP contribution in [0.15, 0.2) is 140 Å². The lowest BCUT2D eigenvalue weighted by Crippen LogP contribution is -2.57. The minimum Gasteiger partial charge on any atom is -0.458 e. The van der Waals surface area contributed by atoms with E-state index in [0.717, 1.165) is 95.3 Å². The summed E-state index contributed by atoms with van der Waals surface area (Å²) in [7, 11) is 0. The molecule has 0 bridgehead atoms. The van der Waals surface area contributed by atoms with Gasteiger partial charge < -0.3 is 18.8 Å². The van der Waals surface area contributed by atoms with E-state index >= 15 is 0 Å². The van der Waals surface area contributed by atoms with Crippen molar-refractivity contribution in [2.45, 2.75) is 105 Å². The van der Waals surface area contributed by atoms with Crippen molar-refractivity contribution in [3.05, 3.63) is 162 Å². The summed E-state index contributed by atoms with van der Waals surface area (Å²) in [5.74, 6) is 5.80. The van der Waals surface area contributed by atoms with Crippen molar-refractivity contribution in [3.8, 4) is 57.1 Å². The third-order valence-corrected chi connectivity index (χ3v) is 13.9. The number of imidazole rings is 1. The Hall–Kier alpha value is -7.06. The van der Waals surface area contributed by atoms with Crippen molar-refractivity contribution in [2.24, 2.45) is 0 Å². The van der Waals surface area contributed by atoms with Crippen LogP contribution in [0.2, 0.25) is 0 Å². The zero-order valence-electron chi connectivity index (χ0n) is 41.4. The molecule has 0 fully saturated rings. The van der Waals surface area contributed by atoms with Gasteiger partial charge >= 0.3 is 0 Å². The molecule has 0 unspecified atom stereocenters. The summed E-state index contributed by atoms with van der Waals surface area (Å²) in [5, 5.41) is 2.20. The van der Waals surface area contributed by atoms with Gasteiger partial charge in [-0.2, -0.15) is 0 Å². The topological polar surface area (TPSA) is 63.3 Å². The van der Waals surface area contributed by atoms with Crippen LogP contribution in [0.3, 0.4) is 0 Å². The van der Waals surface area contributed by atoms with Gasteiger partial charge in [0, 0.05) is 47.0 Å². The molecular weight excluding hydrogens is 835 g/mol. The molecule has 0 radical (unpaired) electrons. The highest BCUT2D eigenvalue weighted by Crippen LogP contribution is 2.43. The summed E-state index contributed by atoms with van der Waals surface area (Å²) >= 11 is 0. The molecule has 0 saturated heterocycles. The molecule has 3 aromatic heterocycles. The van der Waals surface area contributed by atoms with Gasteiger partial charge in [-0.15, -0.1) is 0 Å². The fraction of sp³-hybridized carbons (Fsp3) is 0.267. The van der Waals surface area contributed by atoms with Gasteiger partial charge in [0.1, 0.15) is 40.3 Å². The van der Waals surface area contributed by atoms with E-state index in [1.807, 2.05) is 23.3 Å². The van der Waals surface area contributed by atoms with Gasteiger partial charge in [0.25, 0.3) is 6.71 Å². The van der Waals surface area contributed by atoms with Crippen LogP contribution >= 0.6 is 0 Å². The van der Waals surface area contributed by atoms with Crippen LogP contribution in [0, 0.1) is 0 Å². The monoisotopic (exact) mass is 894 g/mol. The lowest BCUT2D eigenvalue weighted by atomic mass is 9.34. The molecule has 340 valence electrons. The highest BCUT2D eigenvalue weighted by molar-refractivity contribution is 6.98. The van der Waals surface area contributed by atoms with Crippen LogP contribution in [0.5, 0.6) is 34.5 Å². The van der Waals surface area contributed by atoms with Crippen LogP contribution in [0.4, 0.5) is 0 Å². The Morgan fingerprint density at radius 1 is 0.485 bits per heavy atom. The summed E-state index contributed by atoms with van der Waals surface area (Å²) in [6.45, 7) is 26.9. The van der Waals surface area contributed by atoms with Gasteiger partial charge in [0.2, 0.25) is 0 Å². The molecule has 8 heteroatoms. The molecule has 0 atom stereocenters. The molecule has 6 aromatic carbocycles. The first-order chi connectivity index (χ1) is 32.2. The van der Waals surface area contributed by atoms with Crippen LogP contribution in [-0.4, -0.2) is 25.8 Å².